The summed E-state index contributed by atoms with van der Waals surface area (Å²) in [7, 11) is 3.71. The highest BCUT2D eigenvalue weighted by Gasteiger charge is 2.14. The molecule has 2 heterocycles. The van der Waals surface area contributed by atoms with Crippen LogP contribution in [-0.2, 0) is 7.05 Å². The molecule has 0 aliphatic carbocycles. The molecule has 0 fully saturated rings. The molecule has 4 nitrogen and oxygen atoms in total. The van der Waals surface area contributed by atoms with E-state index in [0.29, 0.717) is 0 Å². The average molecular weight is 406 g/mol. The highest BCUT2D eigenvalue weighted by molar-refractivity contribution is 5.96. The Morgan fingerprint density at radius 1 is 0.742 bits per heavy atom. The van der Waals surface area contributed by atoms with Gasteiger partial charge in [0.15, 0.2) is 0 Å². The number of aryl methyl sites for hydroxylation is 1. The van der Waals surface area contributed by atoms with E-state index >= 15 is 0 Å². The number of methoxy groups -OCH3 is 1. The number of rotatable bonds is 5. The third-order valence-electron chi connectivity index (χ3n) is 5.36. The second kappa shape index (κ2) is 8.00. The van der Waals surface area contributed by atoms with Crippen LogP contribution in [0.15, 0.2) is 97.3 Å². The number of para-hydroxylation sites is 2. The number of aromatic nitrogens is 2. The highest BCUT2D eigenvalue weighted by atomic mass is 16.5. The van der Waals surface area contributed by atoms with Gasteiger partial charge < -0.3 is 14.0 Å². The lowest BCUT2D eigenvalue weighted by atomic mass is 10.0. The van der Waals surface area contributed by atoms with Crippen molar-refractivity contribution < 1.29 is 9.47 Å². The van der Waals surface area contributed by atoms with E-state index in [1.165, 1.54) is 0 Å². The second-order valence-corrected chi connectivity index (χ2v) is 7.39. The van der Waals surface area contributed by atoms with Gasteiger partial charge >= 0.3 is 0 Å². The van der Waals surface area contributed by atoms with Crippen molar-refractivity contribution in [1.29, 1.82) is 0 Å². The largest absolute Gasteiger partial charge is 0.497 e. The van der Waals surface area contributed by atoms with Crippen molar-refractivity contribution in [2.24, 2.45) is 7.05 Å². The van der Waals surface area contributed by atoms with Crippen LogP contribution >= 0.6 is 0 Å². The van der Waals surface area contributed by atoms with Gasteiger partial charge in [-0.1, -0.05) is 48.5 Å². The smallest absolute Gasteiger partial charge is 0.140 e. The van der Waals surface area contributed by atoms with Gasteiger partial charge in [0, 0.05) is 41.5 Å². The summed E-state index contributed by atoms with van der Waals surface area (Å²) in [5.41, 5.74) is 5.16. The third-order valence-corrected chi connectivity index (χ3v) is 5.36. The number of hydrogen-bond acceptors (Lipinski definition) is 3. The van der Waals surface area contributed by atoms with E-state index in [-0.39, 0.29) is 0 Å². The Morgan fingerprint density at radius 2 is 1.52 bits per heavy atom. The minimum absolute atomic E-state index is 0.800. The molecule has 0 radical (unpaired) electrons. The van der Waals surface area contributed by atoms with Crippen LogP contribution in [0.25, 0.3) is 33.3 Å². The Morgan fingerprint density at radius 3 is 2.35 bits per heavy atom. The van der Waals surface area contributed by atoms with Crippen molar-refractivity contribution in [3.8, 4) is 39.5 Å². The van der Waals surface area contributed by atoms with Gasteiger partial charge in [0.25, 0.3) is 0 Å². The zero-order valence-electron chi connectivity index (χ0n) is 17.4. The zero-order valence-corrected chi connectivity index (χ0v) is 17.4. The van der Waals surface area contributed by atoms with E-state index in [0.717, 1.165) is 50.5 Å². The van der Waals surface area contributed by atoms with E-state index in [2.05, 4.69) is 29.0 Å². The Kier molecular flexibility index (Phi) is 4.89. The number of pyridine rings is 1. The minimum Gasteiger partial charge on any atom is -0.497 e. The third kappa shape index (κ3) is 3.64. The summed E-state index contributed by atoms with van der Waals surface area (Å²) >= 11 is 0. The molecule has 0 spiro atoms. The topological polar surface area (TPSA) is 36.3 Å². The van der Waals surface area contributed by atoms with Crippen LogP contribution in [0.4, 0.5) is 0 Å². The summed E-state index contributed by atoms with van der Waals surface area (Å²) in [5, 5.41) is 1.09. The fraction of sp³-hybridized carbons (Fsp3) is 0.0741. The van der Waals surface area contributed by atoms with Crippen molar-refractivity contribution in [3.05, 3.63) is 97.3 Å². The molecule has 3 aromatic carbocycles. The second-order valence-electron chi connectivity index (χ2n) is 7.39. The van der Waals surface area contributed by atoms with Crippen molar-refractivity contribution >= 4 is 11.0 Å². The van der Waals surface area contributed by atoms with Crippen LogP contribution < -0.4 is 9.47 Å². The fourth-order valence-electron chi connectivity index (χ4n) is 3.84. The van der Waals surface area contributed by atoms with Crippen molar-refractivity contribution in [2.75, 3.05) is 7.11 Å². The highest BCUT2D eigenvalue weighted by Crippen LogP contribution is 2.37. The molecule has 0 unspecified atom stereocenters. The van der Waals surface area contributed by atoms with E-state index in [4.69, 9.17) is 14.5 Å². The zero-order chi connectivity index (χ0) is 21.2. The van der Waals surface area contributed by atoms with Crippen molar-refractivity contribution in [2.45, 2.75) is 0 Å². The van der Waals surface area contributed by atoms with Gasteiger partial charge in [-0.2, -0.15) is 0 Å². The molecule has 0 aliphatic rings. The average Bonchev–Trinajstić information content (AvgIpc) is 3.16. The van der Waals surface area contributed by atoms with Gasteiger partial charge in [0.05, 0.1) is 7.11 Å². The number of ether oxygens (including phenoxy) is 2. The maximum atomic E-state index is 6.18. The molecular weight excluding hydrogens is 384 g/mol. The Labute approximate surface area is 181 Å². The van der Waals surface area contributed by atoms with Crippen molar-refractivity contribution in [1.82, 2.24) is 9.55 Å². The quantitative estimate of drug-likeness (QED) is 0.325. The lowest BCUT2D eigenvalue weighted by molar-refractivity contribution is 0.415. The Bertz CT molecular complexity index is 1360. The maximum absolute atomic E-state index is 6.18. The molecule has 0 amide bonds. The van der Waals surface area contributed by atoms with Gasteiger partial charge in [-0.25, -0.2) is 4.98 Å². The number of fused-ring (bicyclic) bond motifs is 1. The first-order chi connectivity index (χ1) is 15.2. The van der Waals surface area contributed by atoms with Crippen LogP contribution in [0.2, 0.25) is 0 Å². The van der Waals surface area contributed by atoms with Gasteiger partial charge in [-0.15, -0.1) is 0 Å². The lowest BCUT2D eigenvalue weighted by Gasteiger charge is -2.11. The monoisotopic (exact) mass is 406 g/mol. The molecule has 0 bridgehead atoms. The van der Waals surface area contributed by atoms with Crippen LogP contribution in [0.3, 0.4) is 0 Å². The van der Waals surface area contributed by atoms with Gasteiger partial charge in [-0.3, -0.25) is 0 Å². The number of nitrogens with zero attached hydrogens (tertiary/aromatic N) is 2. The van der Waals surface area contributed by atoms with Crippen LogP contribution in [0.1, 0.15) is 0 Å². The first-order valence-electron chi connectivity index (χ1n) is 10.1. The minimum atomic E-state index is 0.800. The molecule has 31 heavy (non-hydrogen) atoms. The predicted octanol–water partition coefficient (Wildman–Crippen LogP) is 6.71. The van der Waals surface area contributed by atoms with E-state index < -0.39 is 0 Å². The summed E-state index contributed by atoms with van der Waals surface area (Å²) in [5.74, 6) is 2.44. The maximum Gasteiger partial charge on any atom is 0.140 e. The first kappa shape index (κ1) is 18.9. The molecule has 0 saturated carbocycles. The molecule has 4 heteroatoms. The van der Waals surface area contributed by atoms with Crippen LogP contribution in [0.5, 0.6) is 17.2 Å². The summed E-state index contributed by atoms with van der Waals surface area (Å²) in [4.78, 5) is 4.77. The first-order valence-corrected chi connectivity index (χ1v) is 10.1. The van der Waals surface area contributed by atoms with Gasteiger partial charge in [0.1, 0.15) is 22.9 Å². The summed E-state index contributed by atoms with van der Waals surface area (Å²) in [6.07, 6.45) is 4.02. The molecule has 0 N–H and O–H groups in total. The molecular formula is C27H22N2O2. The molecule has 0 atom stereocenters. The molecule has 152 valence electrons. The van der Waals surface area contributed by atoms with E-state index in [9.17, 15) is 0 Å². The summed E-state index contributed by atoms with van der Waals surface area (Å²) in [6.45, 7) is 0. The Balaban J connectivity index is 1.63. The summed E-state index contributed by atoms with van der Waals surface area (Å²) < 4.78 is 13.7. The van der Waals surface area contributed by atoms with E-state index in [1.54, 1.807) is 7.11 Å². The van der Waals surface area contributed by atoms with Crippen LogP contribution in [-0.4, -0.2) is 16.7 Å². The molecule has 0 saturated heterocycles. The molecule has 5 aromatic rings. The Hall–Kier alpha value is -4.05. The fourth-order valence-corrected chi connectivity index (χ4v) is 3.84. The lowest BCUT2D eigenvalue weighted by Crippen LogP contribution is -1.91. The SMILES string of the molecule is COc1cccc(-c2cn(C)c3ncc(-c4ccccc4Oc4ccccc4)cc23)c1. The van der Waals surface area contributed by atoms with Crippen LogP contribution in [0, 0.1) is 0 Å². The molecule has 5 rings (SSSR count). The van der Waals surface area contributed by atoms with E-state index in [1.807, 2.05) is 80.0 Å². The normalized spacial score (nSPS) is 10.9. The van der Waals surface area contributed by atoms with Gasteiger partial charge in [-0.05, 0) is 42.0 Å². The predicted molar refractivity (Wildman–Crippen MR) is 125 cm³/mol. The molecule has 0 aliphatic heterocycles. The summed E-state index contributed by atoms with van der Waals surface area (Å²) in [6, 6.07) is 28.2. The standard InChI is InChI=1S/C27H22N2O2/c1-29-18-25(19-9-8-12-22(15-19)30-2)24-16-20(17-28-27(24)29)23-13-6-7-14-26(23)31-21-10-4-3-5-11-21/h3-18H,1-2H3. The molecule has 2 aromatic heterocycles. The number of hydrogen-bond donors (Lipinski definition) is 0. The number of benzene rings is 3. The van der Waals surface area contributed by atoms with Gasteiger partial charge in [0.2, 0.25) is 0 Å². The van der Waals surface area contributed by atoms with Crippen molar-refractivity contribution in [3.63, 3.8) is 0 Å².